The van der Waals surface area contributed by atoms with Crippen LogP contribution in [0.15, 0.2) is 138 Å². The van der Waals surface area contributed by atoms with E-state index < -0.39 is 0 Å². The average Bonchev–Trinajstić information content (AvgIpc) is 3.74. The van der Waals surface area contributed by atoms with E-state index in [-0.39, 0.29) is 0 Å². The van der Waals surface area contributed by atoms with E-state index in [1.807, 2.05) is 6.07 Å². The molecule has 0 aliphatic carbocycles. The Hall–Kier alpha value is -6.00. The van der Waals surface area contributed by atoms with Crippen LogP contribution in [0.3, 0.4) is 0 Å². The zero-order valence-electron chi connectivity index (χ0n) is 29.6. The van der Waals surface area contributed by atoms with Gasteiger partial charge in [0.25, 0.3) is 0 Å². The van der Waals surface area contributed by atoms with Gasteiger partial charge in [-0.2, -0.15) is 0 Å². The summed E-state index contributed by atoms with van der Waals surface area (Å²) in [6.07, 6.45) is 0. The van der Waals surface area contributed by atoms with Gasteiger partial charge in [-0.3, -0.25) is 9.55 Å². The van der Waals surface area contributed by atoms with Gasteiger partial charge in [-0.15, -0.1) is 0 Å². The van der Waals surface area contributed by atoms with E-state index in [4.69, 9.17) is 14.4 Å². The van der Waals surface area contributed by atoms with Crippen molar-refractivity contribution in [1.82, 2.24) is 14.5 Å². The average molecular weight is 662 g/mol. The molecule has 6 aromatic carbocycles. The van der Waals surface area contributed by atoms with Gasteiger partial charge in [-0.1, -0.05) is 131 Å². The molecule has 0 aliphatic rings. The SMILES string of the molecule is Cc1nc2ccccc2c2nc(-c3cccc4c3oc3cc(-c5cccc(-c6ccccc6)c5)ccc34)n(-c3c(C(C)C)cccc3C(C)C)c12. The molecular formula is C47H39N3O. The van der Waals surface area contributed by atoms with E-state index in [9.17, 15) is 0 Å². The zero-order valence-corrected chi connectivity index (χ0v) is 29.6. The van der Waals surface area contributed by atoms with Crippen LogP contribution in [-0.4, -0.2) is 14.5 Å². The summed E-state index contributed by atoms with van der Waals surface area (Å²) in [7, 11) is 0. The van der Waals surface area contributed by atoms with Crippen molar-refractivity contribution >= 4 is 43.9 Å². The first-order valence-corrected chi connectivity index (χ1v) is 17.9. The highest BCUT2D eigenvalue weighted by atomic mass is 16.3. The lowest BCUT2D eigenvalue weighted by molar-refractivity contribution is 0.669. The molecule has 3 aromatic heterocycles. The number of benzene rings is 6. The van der Waals surface area contributed by atoms with Crippen molar-refractivity contribution in [1.29, 1.82) is 0 Å². The molecule has 0 bridgehead atoms. The van der Waals surface area contributed by atoms with Crippen molar-refractivity contribution in [3.63, 3.8) is 0 Å². The summed E-state index contributed by atoms with van der Waals surface area (Å²) in [5.74, 6) is 1.47. The normalized spacial score (nSPS) is 12.0. The number of aromatic nitrogens is 3. The number of rotatable bonds is 6. The summed E-state index contributed by atoms with van der Waals surface area (Å²) < 4.78 is 9.29. The molecule has 0 aliphatic heterocycles. The molecule has 0 atom stereocenters. The van der Waals surface area contributed by atoms with Crippen molar-refractivity contribution < 1.29 is 4.42 Å². The van der Waals surface area contributed by atoms with E-state index in [0.29, 0.717) is 11.8 Å². The molecular weight excluding hydrogens is 623 g/mol. The quantitative estimate of drug-likeness (QED) is 0.178. The van der Waals surface area contributed by atoms with E-state index in [1.54, 1.807) is 0 Å². The molecule has 9 aromatic rings. The first kappa shape index (κ1) is 31.0. The van der Waals surface area contributed by atoms with Crippen molar-refractivity contribution in [3.8, 4) is 39.3 Å². The van der Waals surface area contributed by atoms with Crippen LogP contribution in [0.1, 0.15) is 56.4 Å². The Morgan fingerprint density at radius 3 is 1.94 bits per heavy atom. The smallest absolute Gasteiger partial charge is 0.149 e. The van der Waals surface area contributed by atoms with Crippen LogP contribution in [0.5, 0.6) is 0 Å². The summed E-state index contributed by atoms with van der Waals surface area (Å²) in [5, 5.41) is 3.21. The molecule has 0 spiro atoms. The fourth-order valence-corrected chi connectivity index (χ4v) is 7.78. The highest BCUT2D eigenvalue weighted by Crippen LogP contribution is 2.43. The second kappa shape index (κ2) is 12.1. The highest BCUT2D eigenvalue weighted by molar-refractivity contribution is 6.11. The van der Waals surface area contributed by atoms with E-state index in [2.05, 4.69) is 167 Å². The topological polar surface area (TPSA) is 43.9 Å². The Balaban J connectivity index is 1.31. The number of para-hydroxylation sites is 3. The van der Waals surface area contributed by atoms with Gasteiger partial charge in [0, 0.05) is 16.2 Å². The van der Waals surface area contributed by atoms with Crippen molar-refractivity contribution in [2.75, 3.05) is 0 Å². The molecule has 4 nitrogen and oxygen atoms in total. The van der Waals surface area contributed by atoms with Crippen molar-refractivity contribution in [2.24, 2.45) is 0 Å². The molecule has 0 N–H and O–H groups in total. The van der Waals surface area contributed by atoms with Crippen molar-refractivity contribution in [2.45, 2.75) is 46.5 Å². The second-order valence-electron chi connectivity index (χ2n) is 14.2. The molecule has 4 heteroatoms. The monoisotopic (exact) mass is 661 g/mol. The standard InChI is InChI=1S/C47H39N3O/c1-28(2)35-19-12-20-36(29(3)4)45(35)50-44-30(5)48-41-23-10-9-18-39(41)43(44)49-47(50)40-22-13-21-38-37-25-24-34(27-42(37)51-46(38)40)33-17-11-16-32(26-33)31-14-7-6-8-15-31/h6-29H,1-5H3. The molecule has 0 unspecified atom stereocenters. The molecule has 0 saturated carbocycles. The second-order valence-corrected chi connectivity index (χ2v) is 14.2. The summed E-state index contributed by atoms with van der Waals surface area (Å²) in [6, 6.07) is 47.4. The van der Waals surface area contributed by atoms with Gasteiger partial charge >= 0.3 is 0 Å². The van der Waals surface area contributed by atoms with E-state index in [0.717, 1.165) is 72.1 Å². The Labute approximate surface area is 298 Å². The predicted molar refractivity (Wildman–Crippen MR) is 213 cm³/mol. The molecule has 51 heavy (non-hydrogen) atoms. The maximum Gasteiger partial charge on any atom is 0.149 e. The number of hydrogen-bond acceptors (Lipinski definition) is 3. The summed E-state index contributed by atoms with van der Waals surface area (Å²) in [5.41, 5.74) is 15.0. The number of imidazole rings is 1. The predicted octanol–water partition coefficient (Wildman–Crippen LogP) is 13.0. The van der Waals surface area contributed by atoms with Crippen LogP contribution in [0.25, 0.3) is 83.2 Å². The van der Waals surface area contributed by atoms with Gasteiger partial charge in [0.2, 0.25) is 0 Å². The number of hydrogen-bond donors (Lipinski definition) is 0. The van der Waals surface area contributed by atoms with Crippen LogP contribution in [0.4, 0.5) is 0 Å². The maximum atomic E-state index is 6.91. The van der Waals surface area contributed by atoms with Gasteiger partial charge in [0.05, 0.1) is 28.0 Å². The molecule has 3 heterocycles. The van der Waals surface area contributed by atoms with Gasteiger partial charge < -0.3 is 4.42 Å². The van der Waals surface area contributed by atoms with Crippen LogP contribution in [0.2, 0.25) is 0 Å². The Kier molecular flexibility index (Phi) is 7.36. The maximum absolute atomic E-state index is 6.91. The number of aryl methyl sites for hydroxylation is 1. The van der Waals surface area contributed by atoms with Gasteiger partial charge in [0.15, 0.2) is 0 Å². The lowest BCUT2D eigenvalue weighted by Crippen LogP contribution is -2.09. The molecule has 0 saturated heterocycles. The minimum atomic E-state index is 0.304. The van der Waals surface area contributed by atoms with Gasteiger partial charge in [0.1, 0.15) is 22.5 Å². The van der Waals surface area contributed by atoms with Crippen molar-refractivity contribution in [3.05, 3.63) is 150 Å². The Bertz CT molecular complexity index is 2740. The van der Waals surface area contributed by atoms with Gasteiger partial charge in [-0.25, -0.2) is 4.98 Å². The molecule has 0 amide bonds. The molecule has 0 fully saturated rings. The molecule has 248 valence electrons. The lowest BCUT2D eigenvalue weighted by atomic mass is 9.92. The minimum Gasteiger partial charge on any atom is -0.455 e. The fourth-order valence-electron chi connectivity index (χ4n) is 7.78. The molecule has 0 radical (unpaired) electrons. The largest absolute Gasteiger partial charge is 0.455 e. The minimum absolute atomic E-state index is 0.304. The Morgan fingerprint density at radius 2 is 1.18 bits per heavy atom. The summed E-state index contributed by atoms with van der Waals surface area (Å²) in [4.78, 5) is 10.7. The van der Waals surface area contributed by atoms with E-state index >= 15 is 0 Å². The number of fused-ring (bicyclic) bond motifs is 6. The van der Waals surface area contributed by atoms with Crippen LogP contribution in [0, 0.1) is 6.92 Å². The van der Waals surface area contributed by atoms with E-state index in [1.165, 1.54) is 27.9 Å². The zero-order chi connectivity index (χ0) is 34.8. The summed E-state index contributed by atoms with van der Waals surface area (Å²) in [6.45, 7) is 11.2. The highest BCUT2D eigenvalue weighted by Gasteiger charge is 2.26. The number of nitrogens with zero attached hydrogens (tertiary/aromatic N) is 3. The van der Waals surface area contributed by atoms with Crippen LogP contribution < -0.4 is 0 Å². The third kappa shape index (κ3) is 5.05. The van der Waals surface area contributed by atoms with Gasteiger partial charge in [-0.05, 0) is 82.5 Å². The summed E-state index contributed by atoms with van der Waals surface area (Å²) >= 11 is 0. The van der Waals surface area contributed by atoms with Crippen LogP contribution >= 0.6 is 0 Å². The third-order valence-corrected chi connectivity index (χ3v) is 10.3. The first-order chi connectivity index (χ1) is 24.9. The number of pyridine rings is 1. The third-order valence-electron chi connectivity index (χ3n) is 10.3. The molecule has 9 rings (SSSR count). The number of furan rings is 1. The fraction of sp³-hybridized carbons (Fsp3) is 0.149. The first-order valence-electron chi connectivity index (χ1n) is 17.9. The Morgan fingerprint density at radius 1 is 0.549 bits per heavy atom. The van der Waals surface area contributed by atoms with Crippen LogP contribution in [-0.2, 0) is 0 Å². The lowest BCUT2D eigenvalue weighted by Gasteiger charge is -2.23.